The minimum atomic E-state index is 0.112. The average molecular weight is 252 g/mol. The average Bonchev–Trinajstić information content (AvgIpc) is 2.79. The van der Waals surface area contributed by atoms with Crippen LogP contribution in [0, 0.1) is 0 Å². The predicted molar refractivity (Wildman–Crippen MR) is 76.5 cm³/mol. The van der Waals surface area contributed by atoms with Crippen molar-refractivity contribution in [3.05, 3.63) is 18.2 Å². The van der Waals surface area contributed by atoms with E-state index < -0.39 is 0 Å². The summed E-state index contributed by atoms with van der Waals surface area (Å²) in [5.41, 5.74) is 6.08. The fourth-order valence-corrected chi connectivity index (χ4v) is 2.29. The molecule has 0 radical (unpaired) electrons. The molecule has 0 amide bonds. The van der Waals surface area contributed by atoms with Gasteiger partial charge in [-0.2, -0.15) is 0 Å². The Morgan fingerprint density at radius 1 is 1.39 bits per heavy atom. The summed E-state index contributed by atoms with van der Waals surface area (Å²) in [5.74, 6) is 1.14. The molecule has 0 aliphatic rings. The van der Waals surface area contributed by atoms with Crippen molar-refractivity contribution in [1.82, 2.24) is 14.5 Å². The molecule has 0 bridgehead atoms. The van der Waals surface area contributed by atoms with Crippen LogP contribution in [0.25, 0.3) is 0 Å². The zero-order valence-corrected chi connectivity index (χ0v) is 12.3. The second-order valence-electron chi connectivity index (χ2n) is 5.25. The van der Waals surface area contributed by atoms with Crippen LogP contribution < -0.4 is 5.73 Å². The Morgan fingerprint density at radius 3 is 2.56 bits per heavy atom. The smallest absolute Gasteiger partial charge is 0.109 e. The van der Waals surface area contributed by atoms with Crippen LogP contribution in [-0.2, 0) is 13.5 Å². The van der Waals surface area contributed by atoms with E-state index in [4.69, 9.17) is 5.73 Å². The Morgan fingerprint density at radius 2 is 2.11 bits per heavy atom. The summed E-state index contributed by atoms with van der Waals surface area (Å²) in [5, 5.41) is 0. The molecule has 0 saturated heterocycles. The van der Waals surface area contributed by atoms with Gasteiger partial charge in [0.1, 0.15) is 5.82 Å². The van der Waals surface area contributed by atoms with Gasteiger partial charge in [0.2, 0.25) is 0 Å². The molecule has 1 aromatic rings. The number of hydrogen-bond donors (Lipinski definition) is 1. The lowest BCUT2D eigenvalue weighted by Crippen LogP contribution is -2.52. The van der Waals surface area contributed by atoms with E-state index in [1.807, 2.05) is 12.4 Å². The molecule has 0 fully saturated rings. The number of nitrogens with two attached hydrogens (primary N) is 1. The Kier molecular flexibility index (Phi) is 5.82. The van der Waals surface area contributed by atoms with Crippen molar-refractivity contribution >= 4 is 0 Å². The fourth-order valence-electron chi connectivity index (χ4n) is 2.29. The Bertz CT molecular complexity index is 341. The zero-order valence-electron chi connectivity index (χ0n) is 12.3. The predicted octanol–water partition coefficient (Wildman–Crippen LogP) is 1.80. The number of rotatable bonds is 8. The van der Waals surface area contributed by atoms with Gasteiger partial charge in [-0.15, -0.1) is 0 Å². The number of aromatic nitrogens is 2. The van der Waals surface area contributed by atoms with Crippen molar-refractivity contribution in [2.75, 3.05) is 19.6 Å². The Hall–Kier alpha value is -0.870. The van der Waals surface area contributed by atoms with Gasteiger partial charge in [0.25, 0.3) is 0 Å². The van der Waals surface area contributed by atoms with Crippen LogP contribution in [-0.4, -0.2) is 39.6 Å². The van der Waals surface area contributed by atoms with Crippen molar-refractivity contribution in [1.29, 1.82) is 0 Å². The topological polar surface area (TPSA) is 47.1 Å². The lowest BCUT2D eigenvalue weighted by atomic mass is 9.96. The molecule has 1 unspecified atom stereocenters. The highest BCUT2D eigenvalue weighted by molar-refractivity contribution is 4.94. The lowest BCUT2D eigenvalue weighted by molar-refractivity contribution is 0.106. The van der Waals surface area contributed by atoms with Crippen LogP contribution in [0.4, 0.5) is 0 Å². The van der Waals surface area contributed by atoms with E-state index in [2.05, 4.69) is 42.3 Å². The van der Waals surface area contributed by atoms with E-state index in [0.29, 0.717) is 6.54 Å². The molecule has 104 valence electrons. The van der Waals surface area contributed by atoms with E-state index in [0.717, 1.165) is 38.2 Å². The molecule has 4 heteroatoms. The summed E-state index contributed by atoms with van der Waals surface area (Å²) in [6.45, 7) is 9.55. The van der Waals surface area contributed by atoms with Crippen molar-refractivity contribution in [3.8, 4) is 0 Å². The molecular weight excluding hydrogens is 224 g/mol. The molecule has 0 aromatic carbocycles. The van der Waals surface area contributed by atoms with E-state index in [9.17, 15) is 0 Å². The highest BCUT2D eigenvalue weighted by atomic mass is 15.2. The van der Waals surface area contributed by atoms with Crippen LogP contribution in [0.3, 0.4) is 0 Å². The standard InChI is InChI=1S/C14H28N4/c1-5-9-18(14(3,6-2)12-15)10-7-13-16-8-11-17(13)4/h8,11H,5-7,9-10,12,15H2,1-4H3. The highest BCUT2D eigenvalue weighted by Gasteiger charge is 2.27. The fraction of sp³-hybridized carbons (Fsp3) is 0.786. The van der Waals surface area contributed by atoms with E-state index in [-0.39, 0.29) is 5.54 Å². The van der Waals surface area contributed by atoms with Crippen molar-refractivity contribution < 1.29 is 0 Å². The molecule has 0 aliphatic heterocycles. The number of hydrogen-bond acceptors (Lipinski definition) is 3. The minimum Gasteiger partial charge on any atom is -0.338 e. The van der Waals surface area contributed by atoms with E-state index in [1.165, 1.54) is 0 Å². The summed E-state index contributed by atoms with van der Waals surface area (Å²) < 4.78 is 2.09. The quantitative estimate of drug-likeness (QED) is 0.767. The number of aryl methyl sites for hydroxylation is 1. The first-order valence-corrected chi connectivity index (χ1v) is 6.98. The highest BCUT2D eigenvalue weighted by Crippen LogP contribution is 2.18. The largest absolute Gasteiger partial charge is 0.338 e. The first-order valence-electron chi connectivity index (χ1n) is 6.98. The summed E-state index contributed by atoms with van der Waals surface area (Å²) in [6.07, 6.45) is 7.10. The third kappa shape index (κ3) is 3.56. The minimum absolute atomic E-state index is 0.112. The van der Waals surface area contributed by atoms with E-state index in [1.54, 1.807) is 0 Å². The summed E-state index contributed by atoms with van der Waals surface area (Å²) in [4.78, 5) is 6.90. The van der Waals surface area contributed by atoms with Crippen LogP contribution in [0.2, 0.25) is 0 Å². The van der Waals surface area contributed by atoms with Gasteiger partial charge < -0.3 is 10.3 Å². The zero-order chi connectivity index (χ0) is 13.6. The number of nitrogens with zero attached hydrogens (tertiary/aromatic N) is 3. The van der Waals surface area contributed by atoms with Gasteiger partial charge in [-0.1, -0.05) is 13.8 Å². The molecule has 4 nitrogen and oxygen atoms in total. The summed E-state index contributed by atoms with van der Waals surface area (Å²) in [6, 6.07) is 0. The molecule has 0 aliphatic carbocycles. The Balaban J connectivity index is 2.66. The molecule has 1 aromatic heterocycles. The van der Waals surface area contributed by atoms with Crippen molar-refractivity contribution in [2.45, 2.75) is 45.6 Å². The van der Waals surface area contributed by atoms with Crippen LogP contribution >= 0.6 is 0 Å². The van der Waals surface area contributed by atoms with Crippen molar-refractivity contribution in [3.63, 3.8) is 0 Å². The maximum Gasteiger partial charge on any atom is 0.109 e. The molecule has 1 atom stereocenters. The molecule has 1 rings (SSSR count). The lowest BCUT2D eigenvalue weighted by Gasteiger charge is -2.40. The van der Waals surface area contributed by atoms with Gasteiger partial charge >= 0.3 is 0 Å². The van der Waals surface area contributed by atoms with Gasteiger partial charge in [0, 0.05) is 44.5 Å². The maximum absolute atomic E-state index is 5.97. The molecule has 0 spiro atoms. The first kappa shape index (κ1) is 15.2. The van der Waals surface area contributed by atoms with Gasteiger partial charge in [-0.25, -0.2) is 4.98 Å². The maximum atomic E-state index is 5.97. The second kappa shape index (κ2) is 6.90. The van der Waals surface area contributed by atoms with Gasteiger partial charge in [0.05, 0.1) is 0 Å². The third-order valence-corrected chi connectivity index (χ3v) is 3.98. The van der Waals surface area contributed by atoms with Gasteiger partial charge in [-0.05, 0) is 26.3 Å². The summed E-state index contributed by atoms with van der Waals surface area (Å²) in [7, 11) is 2.05. The first-order chi connectivity index (χ1) is 8.57. The van der Waals surface area contributed by atoms with Crippen molar-refractivity contribution in [2.24, 2.45) is 12.8 Å². The van der Waals surface area contributed by atoms with E-state index >= 15 is 0 Å². The summed E-state index contributed by atoms with van der Waals surface area (Å²) >= 11 is 0. The number of imidazole rings is 1. The Labute approximate surface area is 111 Å². The van der Waals surface area contributed by atoms with Crippen LogP contribution in [0.5, 0.6) is 0 Å². The molecule has 2 N–H and O–H groups in total. The normalized spacial score (nSPS) is 15.0. The van der Waals surface area contributed by atoms with Crippen LogP contribution in [0.1, 0.15) is 39.4 Å². The second-order valence-corrected chi connectivity index (χ2v) is 5.25. The molecule has 18 heavy (non-hydrogen) atoms. The van der Waals surface area contributed by atoms with Gasteiger partial charge in [0.15, 0.2) is 0 Å². The van der Waals surface area contributed by atoms with Gasteiger partial charge in [-0.3, -0.25) is 4.90 Å². The van der Waals surface area contributed by atoms with Crippen LogP contribution in [0.15, 0.2) is 12.4 Å². The monoisotopic (exact) mass is 252 g/mol. The SMILES string of the molecule is CCCN(CCc1nccn1C)C(C)(CC)CN. The molecular formula is C14H28N4. The molecule has 1 heterocycles. The molecule has 0 saturated carbocycles. The third-order valence-electron chi connectivity index (χ3n) is 3.98.